The Labute approximate surface area is 151 Å². The van der Waals surface area contributed by atoms with Gasteiger partial charge in [-0.15, -0.1) is 10.2 Å². The molecule has 2 heterocycles. The second kappa shape index (κ2) is 7.19. The van der Waals surface area contributed by atoms with Crippen LogP contribution >= 0.6 is 11.8 Å². The summed E-state index contributed by atoms with van der Waals surface area (Å²) in [4.78, 5) is 16.3. The number of rotatable bonds is 5. The van der Waals surface area contributed by atoms with Gasteiger partial charge in [-0.25, -0.2) is 0 Å². The molecule has 2 aromatic heterocycles. The lowest BCUT2D eigenvalue weighted by atomic mass is 9.92. The smallest absolute Gasteiger partial charge is 0.196 e. The van der Waals surface area contributed by atoms with Gasteiger partial charge in [-0.3, -0.25) is 14.3 Å². The van der Waals surface area contributed by atoms with Crippen LogP contribution in [0.25, 0.3) is 17.1 Å². The largest absolute Gasteiger partial charge is 0.298 e. The van der Waals surface area contributed by atoms with Crippen LogP contribution in [0.2, 0.25) is 0 Å². The number of aromatic nitrogens is 4. The summed E-state index contributed by atoms with van der Waals surface area (Å²) in [5, 5.41) is 9.39. The summed E-state index contributed by atoms with van der Waals surface area (Å²) in [5.41, 5.74) is 1.53. The number of hydrogen-bond acceptors (Lipinski definition) is 5. The molecule has 5 nitrogen and oxygen atoms in total. The first-order chi connectivity index (χ1) is 12.0. The number of benzene rings is 1. The van der Waals surface area contributed by atoms with Crippen molar-refractivity contribution in [3.8, 4) is 17.1 Å². The zero-order valence-electron chi connectivity index (χ0n) is 14.5. The Morgan fingerprint density at radius 1 is 1.04 bits per heavy atom. The lowest BCUT2D eigenvalue weighted by Gasteiger charge is -2.16. The Kier molecular flexibility index (Phi) is 4.99. The van der Waals surface area contributed by atoms with Crippen molar-refractivity contribution in [1.29, 1.82) is 0 Å². The van der Waals surface area contributed by atoms with Crippen LogP contribution in [0.4, 0.5) is 0 Å². The number of hydrogen-bond donors (Lipinski definition) is 0. The second-order valence-electron chi connectivity index (χ2n) is 6.67. The molecule has 6 heteroatoms. The normalized spacial score (nSPS) is 11.5. The van der Waals surface area contributed by atoms with Crippen molar-refractivity contribution in [1.82, 2.24) is 19.7 Å². The molecule has 0 N–H and O–H groups in total. The Bertz CT molecular complexity index is 854. The molecule has 128 valence electrons. The van der Waals surface area contributed by atoms with Gasteiger partial charge in [-0.1, -0.05) is 50.7 Å². The highest BCUT2D eigenvalue weighted by Gasteiger charge is 2.23. The van der Waals surface area contributed by atoms with Crippen molar-refractivity contribution in [3.63, 3.8) is 0 Å². The fourth-order valence-corrected chi connectivity index (χ4v) is 3.32. The molecule has 3 rings (SSSR count). The number of nitrogens with zero attached hydrogens (tertiary/aromatic N) is 4. The minimum absolute atomic E-state index is 0.186. The molecule has 0 aliphatic rings. The van der Waals surface area contributed by atoms with Gasteiger partial charge < -0.3 is 0 Å². The van der Waals surface area contributed by atoms with E-state index in [1.54, 1.807) is 12.4 Å². The quantitative estimate of drug-likeness (QED) is 0.649. The van der Waals surface area contributed by atoms with Gasteiger partial charge >= 0.3 is 0 Å². The van der Waals surface area contributed by atoms with Crippen molar-refractivity contribution in [2.45, 2.75) is 25.9 Å². The average molecular weight is 352 g/mol. The third kappa shape index (κ3) is 3.96. The van der Waals surface area contributed by atoms with Crippen LogP contribution < -0.4 is 0 Å². The van der Waals surface area contributed by atoms with E-state index in [9.17, 15) is 4.79 Å². The molecule has 0 aliphatic heterocycles. The third-order valence-electron chi connectivity index (χ3n) is 3.76. The van der Waals surface area contributed by atoms with Crippen molar-refractivity contribution >= 4 is 17.5 Å². The molecule has 0 aliphatic carbocycles. The molecule has 0 radical (unpaired) electrons. The highest BCUT2D eigenvalue weighted by molar-refractivity contribution is 7.99. The standard InChI is InChI=1S/C19H20N4OS/c1-19(2,3)16(24)13-25-18-22-21-17(14-9-11-20-12-10-14)23(18)15-7-5-4-6-8-15/h4-12H,13H2,1-3H3. The van der Waals surface area contributed by atoms with Crippen molar-refractivity contribution in [3.05, 3.63) is 54.9 Å². The maximum Gasteiger partial charge on any atom is 0.196 e. The van der Waals surface area contributed by atoms with E-state index in [1.165, 1.54) is 11.8 Å². The van der Waals surface area contributed by atoms with E-state index in [2.05, 4.69) is 15.2 Å². The molecule has 0 bridgehead atoms. The second-order valence-corrected chi connectivity index (χ2v) is 7.62. The Morgan fingerprint density at radius 3 is 2.36 bits per heavy atom. The molecule has 3 aromatic rings. The van der Waals surface area contributed by atoms with Gasteiger partial charge in [0, 0.05) is 29.1 Å². The summed E-state index contributed by atoms with van der Waals surface area (Å²) in [6, 6.07) is 13.7. The van der Waals surface area contributed by atoms with Crippen LogP contribution in [-0.2, 0) is 4.79 Å². The highest BCUT2D eigenvalue weighted by atomic mass is 32.2. The van der Waals surface area contributed by atoms with Gasteiger partial charge in [0.25, 0.3) is 0 Å². The van der Waals surface area contributed by atoms with Crippen LogP contribution in [0.3, 0.4) is 0 Å². The van der Waals surface area contributed by atoms with E-state index < -0.39 is 0 Å². The number of thioether (sulfide) groups is 1. The number of ketones is 1. The van der Waals surface area contributed by atoms with Crippen LogP contribution in [0, 0.1) is 5.41 Å². The van der Waals surface area contributed by atoms with E-state index in [0.29, 0.717) is 10.9 Å². The lowest BCUT2D eigenvalue weighted by Crippen LogP contribution is -2.22. The van der Waals surface area contributed by atoms with Gasteiger partial charge in [0.2, 0.25) is 0 Å². The van der Waals surface area contributed by atoms with E-state index in [0.717, 1.165) is 17.1 Å². The summed E-state index contributed by atoms with van der Waals surface area (Å²) >= 11 is 1.42. The summed E-state index contributed by atoms with van der Waals surface area (Å²) in [6.45, 7) is 5.79. The number of para-hydroxylation sites is 1. The zero-order chi connectivity index (χ0) is 17.9. The van der Waals surface area contributed by atoms with Gasteiger partial charge in [0.05, 0.1) is 5.75 Å². The molecule has 0 unspecified atom stereocenters. The van der Waals surface area contributed by atoms with Gasteiger partial charge in [-0.2, -0.15) is 0 Å². The van der Waals surface area contributed by atoms with Gasteiger partial charge in [-0.05, 0) is 24.3 Å². The van der Waals surface area contributed by atoms with Crippen molar-refractivity contribution in [2.75, 3.05) is 5.75 Å². The minimum Gasteiger partial charge on any atom is -0.298 e. The molecule has 1 aromatic carbocycles. The first-order valence-electron chi connectivity index (χ1n) is 8.04. The summed E-state index contributed by atoms with van der Waals surface area (Å²) < 4.78 is 1.98. The van der Waals surface area contributed by atoms with E-state index in [1.807, 2.05) is 67.8 Å². The molecule has 0 fully saturated rings. The maximum atomic E-state index is 12.3. The monoisotopic (exact) mass is 352 g/mol. The summed E-state index contributed by atoms with van der Waals surface area (Å²) in [6.07, 6.45) is 3.46. The fraction of sp³-hybridized carbons (Fsp3) is 0.263. The zero-order valence-corrected chi connectivity index (χ0v) is 15.3. The minimum atomic E-state index is -0.363. The fourth-order valence-electron chi connectivity index (χ4n) is 2.21. The van der Waals surface area contributed by atoms with Crippen LogP contribution in [-0.4, -0.2) is 31.3 Å². The number of carbonyl (C=O) groups excluding carboxylic acids is 1. The third-order valence-corrected chi connectivity index (χ3v) is 4.68. The van der Waals surface area contributed by atoms with Crippen LogP contribution in [0.5, 0.6) is 0 Å². The summed E-state index contributed by atoms with van der Waals surface area (Å²) in [7, 11) is 0. The highest BCUT2D eigenvalue weighted by Crippen LogP contribution is 2.29. The SMILES string of the molecule is CC(C)(C)C(=O)CSc1nnc(-c2ccncc2)n1-c1ccccc1. The molecular formula is C19H20N4OS. The number of carbonyl (C=O) groups is 1. The molecule has 0 spiro atoms. The number of Topliss-reactive ketones (excluding diaryl/α,β-unsaturated/α-hetero) is 1. The first kappa shape index (κ1) is 17.4. The van der Waals surface area contributed by atoms with Crippen molar-refractivity contribution < 1.29 is 4.79 Å². The average Bonchev–Trinajstić information content (AvgIpc) is 3.04. The molecule has 0 amide bonds. The summed E-state index contributed by atoms with van der Waals surface area (Å²) in [5.74, 6) is 1.29. The molecule has 0 saturated carbocycles. The molecule has 0 saturated heterocycles. The number of pyridine rings is 1. The Morgan fingerprint density at radius 2 is 1.72 bits per heavy atom. The predicted molar refractivity (Wildman–Crippen MR) is 99.8 cm³/mol. The lowest BCUT2D eigenvalue weighted by molar-refractivity contribution is -0.123. The van der Waals surface area contributed by atoms with E-state index >= 15 is 0 Å². The van der Waals surface area contributed by atoms with Crippen molar-refractivity contribution in [2.24, 2.45) is 5.41 Å². The molecule has 0 atom stereocenters. The topological polar surface area (TPSA) is 60.7 Å². The molecule has 25 heavy (non-hydrogen) atoms. The van der Waals surface area contributed by atoms with Gasteiger partial charge in [0.15, 0.2) is 11.0 Å². The Hall–Kier alpha value is -2.47. The van der Waals surface area contributed by atoms with Crippen LogP contribution in [0.15, 0.2) is 60.0 Å². The van der Waals surface area contributed by atoms with Crippen LogP contribution in [0.1, 0.15) is 20.8 Å². The van der Waals surface area contributed by atoms with E-state index in [-0.39, 0.29) is 11.2 Å². The maximum absolute atomic E-state index is 12.3. The first-order valence-corrected chi connectivity index (χ1v) is 9.03. The Balaban J connectivity index is 1.99. The van der Waals surface area contributed by atoms with Gasteiger partial charge in [0.1, 0.15) is 5.78 Å². The molecular weight excluding hydrogens is 332 g/mol. The van der Waals surface area contributed by atoms with E-state index in [4.69, 9.17) is 0 Å². The predicted octanol–water partition coefficient (Wildman–Crippen LogP) is 4.04.